The van der Waals surface area contributed by atoms with E-state index in [1.54, 1.807) is 14.2 Å². The van der Waals surface area contributed by atoms with Gasteiger partial charge < -0.3 is 21.2 Å². The van der Waals surface area contributed by atoms with Gasteiger partial charge >= 0.3 is 21.1 Å². The molecule has 0 amide bonds. The molecule has 4 nitrogen and oxygen atoms in total. The molecule has 0 saturated carbocycles. The monoisotopic (exact) mass is 431 g/mol. The molecule has 2 rings (SSSR count). The summed E-state index contributed by atoms with van der Waals surface area (Å²) in [5.74, 6) is 1.37. The van der Waals surface area contributed by atoms with E-state index in [0.29, 0.717) is 24.3 Å². The van der Waals surface area contributed by atoms with Gasteiger partial charge in [0.1, 0.15) is 0 Å². The van der Waals surface area contributed by atoms with Gasteiger partial charge in [0, 0.05) is 12.0 Å². The Morgan fingerprint density at radius 1 is 1.32 bits per heavy atom. The van der Waals surface area contributed by atoms with Crippen LogP contribution in [0.4, 0.5) is 0 Å². The fourth-order valence-electron chi connectivity index (χ4n) is 1.83. The van der Waals surface area contributed by atoms with Crippen molar-refractivity contribution in [3.8, 4) is 11.5 Å². The molecule has 1 aromatic carbocycles. The molecule has 0 fully saturated rings. The minimum absolute atomic E-state index is 0. The first-order valence-corrected chi connectivity index (χ1v) is 5.74. The van der Waals surface area contributed by atoms with E-state index in [1.807, 2.05) is 18.2 Å². The number of hydrogen-bond acceptors (Lipinski definition) is 4. The molecule has 0 aliphatic carbocycles. The van der Waals surface area contributed by atoms with Gasteiger partial charge in [-0.1, -0.05) is 5.16 Å². The third kappa shape index (κ3) is 3.30. The van der Waals surface area contributed by atoms with Crippen LogP contribution in [0.1, 0.15) is 18.4 Å². The molecule has 0 saturated heterocycles. The second-order valence-corrected chi connectivity index (χ2v) is 4.31. The first kappa shape index (κ1) is 16.0. The van der Waals surface area contributed by atoms with Crippen LogP contribution in [-0.4, -0.2) is 25.5 Å². The molecule has 102 valence electrons. The Hall–Kier alpha value is -1.02. The second kappa shape index (κ2) is 6.42. The molecule has 1 heterocycles. The predicted molar refractivity (Wildman–Crippen MR) is 69.8 cm³/mol. The maximum Gasteiger partial charge on any atom is 2.00 e. The van der Waals surface area contributed by atoms with Crippen LogP contribution in [0.2, 0.25) is 0 Å². The maximum atomic E-state index is 5.33. The van der Waals surface area contributed by atoms with Crippen molar-refractivity contribution in [2.24, 2.45) is 5.16 Å². The van der Waals surface area contributed by atoms with Gasteiger partial charge in [0.05, 0.1) is 19.9 Å². The summed E-state index contributed by atoms with van der Waals surface area (Å²) in [6.45, 7) is 7.81. The minimum Gasteiger partial charge on any atom is -0.493 e. The van der Waals surface area contributed by atoms with Gasteiger partial charge in [-0.05, 0) is 23.8 Å². The molecule has 0 spiro atoms. The van der Waals surface area contributed by atoms with Gasteiger partial charge in [-0.15, -0.1) is 0 Å². The quantitative estimate of drug-likeness (QED) is 0.689. The average molecular weight is 431 g/mol. The standard InChI is InChI=1S/C14H17NO3.W/c1-5-14(2)9-11(15-18-14)10-6-7-12(16-3)13(8-10)17-4;/h6-8H,1-2,5,9H2,3-4H3;/q-2;+2. The maximum absolute atomic E-state index is 5.33. The molecule has 1 aliphatic heterocycles. The Kier molecular flexibility index (Phi) is 5.42. The number of hydrogen-bond donors (Lipinski definition) is 0. The number of benzene rings is 1. The molecular formula is C14H17NO3W. The largest absolute Gasteiger partial charge is 2.00 e. The first-order valence-electron chi connectivity index (χ1n) is 5.74. The Morgan fingerprint density at radius 3 is 2.53 bits per heavy atom. The molecule has 19 heavy (non-hydrogen) atoms. The number of methoxy groups -OCH3 is 2. The summed E-state index contributed by atoms with van der Waals surface area (Å²) in [5, 5.41) is 4.08. The minimum atomic E-state index is -0.539. The van der Waals surface area contributed by atoms with E-state index in [-0.39, 0.29) is 21.1 Å². The van der Waals surface area contributed by atoms with Crippen molar-refractivity contribution >= 4 is 5.71 Å². The van der Waals surface area contributed by atoms with Crippen molar-refractivity contribution in [2.75, 3.05) is 14.2 Å². The molecule has 0 aromatic heterocycles. The number of nitrogens with zero attached hydrogens (tertiary/aromatic N) is 1. The van der Waals surface area contributed by atoms with Gasteiger partial charge in [0.2, 0.25) is 0 Å². The zero-order valence-corrected chi connectivity index (χ0v) is 14.1. The van der Waals surface area contributed by atoms with Gasteiger partial charge in [0.15, 0.2) is 11.5 Å². The fourth-order valence-corrected chi connectivity index (χ4v) is 1.83. The first-order chi connectivity index (χ1) is 8.61. The summed E-state index contributed by atoms with van der Waals surface area (Å²) in [5.41, 5.74) is 1.27. The van der Waals surface area contributed by atoms with Crippen molar-refractivity contribution in [3.63, 3.8) is 0 Å². The SMILES string of the molecule is [CH2-]CC1([CH2-])CC(c2ccc(OC)c(OC)c2)=NO1.[W+2]. The van der Waals surface area contributed by atoms with E-state index in [1.165, 1.54) is 0 Å². The molecule has 0 radical (unpaired) electrons. The Labute approximate surface area is 128 Å². The molecule has 1 unspecified atom stereocenters. The van der Waals surface area contributed by atoms with Crippen molar-refractivity contribution in [2.45, 2.75) is 18.4 Å². The Bertz CT molecular complexity index is 476. The Balaban J connectivity index is 0.00000180. The molecule has 1 aliphatic rings. The van der Waals surface area contributed by atoms with Crippen LogP contribution in [0.25, 0.3) is 0 Å². The van der Waals surface area contributed by atoms with Crippen LogP contribution >= 0.6 is 0 Å². The van der Waals surface area contributed by atoms with Gasteiger partial charge in [0.25, 0.3) is 0 Å². The van der Waals surface area contributed by atoms with Crippen LogP contribution in [0.15, 0.2) is 23.4 Å². The van der Waals surface area contributed by atoms with Gasteiger partial charge in [-0.2, -0.15) is 6.42 Å². The molecular weight excluding hydrogens is 414 g/mol. The molecule has 1 atom stereocenters. The molecule has 1 aromatic rings. The van der Waals surface area contributed by atoms with E-state index in [0.717, 1.165) is 11.3 Å². The van der Waals surface area contributed by atoms with Crippen LogP contribution < -0.4 is 9.47 Å². The van der Waals surface area contributed by atoms with Gasteiger partial charge in [-0.3, -0.25) is 6.92 Å². The van der Waals surface area contributed by atoms with Crippen LogP contribution in [0.5, 0.6) is 11.5 Å². The number of ether oxygens (including phenoxy) is 2. The zero-order valence-electron chi connectivity index (χ0n) is 11.1. The van der Waals surface area contributed by atoms with Crippen molar-refractivity contribution in [3.05, 3.63) is 37.6 Å². The second-order valence-electron chi connectivity index (χ2n) is 4.31. The summed E-state index contributed by atoms with van der Waals surface area (Å²) in [4.78, 5) is 5.33. The Morgan fingerprint density at radius 2 is 2.00 bits per heavy atom. The molecule has 0 N–H and O–H groups in total. The van der Waals surface area contributed by atoms with Crippen molar-refractivity contribution in [1.82, 2.24) is 0 Å². The number of rotatable bonds is 4. The average Bonchev–Trinajstić information content (AvgIpc) is 2.81. The molecule has 0 bridgehead atoms. The summed E-state index contributed by atoms with van der Waals surface area (Å²) in [7, 11) is 3.22. The number of oxime groups is 1. The third-order valence-electron chi connectivity index (χ3n) is 3.01. The normalized spacial score (nSPS) is 21.2. The summed E-state index contributed by atoms with van der Waals surface area (Å²) in [6.07, 6.45) is 1.22. The smallest absolute Gasteiger partial charge is 0.493 e. The van der Waals surface area contributed by atoms with Gasteiger partial charge in [-0.25, -0.2) is 0 Å². The molecule has 5 heteroatoms. The van der Waals surface area contributed by atoms with E-state index >= 15 is 0 Å². The van der Waals surface area contributed by atoms with E-state index in [2.05, 4.69) is 19.0 Å². The topological polar surface area (TPSA) is 40.0 Å². The predicted octanol–water partition coefficient (Wildman–Crippen LogP) is 2.62. The summed E-state index contributed by atoms with van der Waals surface area (Å²) < 4.78 is 10.5. The van der Waals surface area contributed by atoms with E-state index < -0.39 is 5.60 Å². The van der Waals surface area contributed by atoms with Crippen molar-refractivity contribution < 1.29 is 35.4 Å². The van der Waals surface area contributed by atoms with Crippen LogP contribution in [-0.2, 0) is 25.9 Å². The van der Waals surface area contributed by atoms with E-state index in [9.17, 15) is 0 Å². The summed E-state index contributed by atoms with van der Waals surface area (Å²) in [6, 6.07) is 5.66. The third-order valence-corrected chi connectivity index (χ3v) is 3.01. The van der Waals surface area contributed by atoms with Crippen molar-refractivity contribution in [1.29, 1.82) is 0 Å². The summed E-state index contributed by atoms with van der Waals surface area (Å²) >= 11 is 0. The van der Waals surface area contributed by atoms with Crippen LogP contribution in [0, 0.1) is 13.8 Å². The van der Waals surface area contributed by atoms with Crippen LogP contribution in [0.3, 0.4) is 0 Å². The fraction of sp³-hybridized carbons (Fsp3) is 0.357. The van der Waals surface area contributed by atoms with E-state index in [4.69, 9.17) is 14.3 Å². The zero-order chi connectivity index (χ0) is 13.2.